The SMILES string of the molecule is CCn1c(SCCC(=O)Nc2ccc(C(N)=O)cc2)nc2ccccc2c1=O. The van der Waals surface area contributed by atoms with Gasteiger partial charge in [-0.3, -0.25) is 19.0 Å². The van der Waals surface area contributed by atoms with Crippen LogP contribution >= 0.6 is 11.8 Å². The molecule has 0 saturated carbocycles. The topological polar surface area (TPSA) is 107 Å². The summed E-state index contributed by atoms with van der Waals surface area (Å²) in [7, 11) is 0. The number of para-hydroxylation sites is 1. The average Bonchev–Trinajstić information content (AvgIpc) is 2.68. The Labute approximate surface area is 166 Å². The molecule has 0 radical (unpaired) electrons. The Bertz CT molecular complexity index is 1080. The fourth-order valence-electron chi connectivity index (χ4n) is 2.71. The first-order chi connectivity index (χ1) is 13.5. The molecule has 0 saturated heterocycles. The van der Waals surface area contributed by atoms with E-state index in [1.165, 1.54) is 11.8 Å². The zero-order chi connectivity index (χ0) is 20.1. The summed E-state index contributed by atoms with van der Waals surface area (Å²) >= 11 is 1.38. The van der Waals surface area contributed by atoms with Crippen molar-refractivity contribution in [1.82, 2.24) is 9.55 Å². The number of nitrogens with one attached hydrogen (secondary N) is 1. The molecule has 0 aliphatic carbocycles. The second kappa shape index (κ2) is 8.71. The lowest BCUT2D eigenvalue weighted by Crippen LogP contribution is -2.22. The third-order valence-electron chi connectivity index (χ3n) is 4.16. The number of rotatable bonds is 7. The van der Waals surface area contributed by atoms with Crippen LogP contribution in [0.2, 0.25) is 0 Å². The standard InChI is InChI=1S/C20H20N4O3S/c1-2-24-19(27)15-5-3-4-6-16(15)23-20(24)28-12-11-17(25)22-14-9-7-13(8-10-14)18(21)26/h3-10H,2,11-12H2,1H3,(H2,21,26)(H,22,25). The summed E-state index contributed by atoms with van der Waals surface area (Å²) in [6.45, 7) is 2.40. The van der Waals surface area contributed by atoms with Crippen molar-refractivity contribution in [3.63, 3.8) is 0 Å². The van der Waals surface area contributed by atoms with Crippen molar-refractivity contribution in [3.8, 4) is 0 Å². The highest BCUT2D eigenvalue weighted by Gasteiger charge is 2.11. The Morgan fingerprint density at radius 1 is 1.14 bits per heavy atom. The molecule has 0 atom stereocenters. The van der Waals surface area contributed by atoms with E-state index in [0.29, 0.717) is 39.6 Å². The number of aromatic nitrogens is 2. The second-order valence-electron chi connectivity index (χ2n) is 6.05. The molecular weight excluding hydrogens is 376 g/mol. The Morgan fingerprint density at radius 2 is 1.86 bits per heavy atom. The van der Waals surface area contributed by atoms with Gasteiger partial charge in [0, 0.05) is 30.0 Å². The van der Waals surface area contributed by atoms with Gasteiger partial charge in [-0.1, -0.05) is 23.9 Å². The van der Waals surface area contributed by atoms with E-state index < -0.39 is 5.91 Å². The molecular formula is C20H20N4O3S. The lowest BCUT2D eigenvalue weighted by molar-refractivity contribution is -0.115. The lowest BCUT2D eigenvalue weighted by atomic mass is 10.2. The number of hydrogen-bond acceptors (Lipinski definition) is 5. The number of hydrogen-bond donors (Lipinski definition) is 2. The van der Waals surface area contributed by atoms with Crippen molar-refractivity contribution in [3.05, 3.63) is 64.4 Å². The molecule has 3 rings (SSSR count). The van der Waals surface area contributed by atoms with Crippen LogP contribution in [0.15, 0.2) is 58.5 Å². The van der Waals surface area contributed by atoms with E-state index in [2.05, 4.69) is 10.3 Å². The molecule has 2 amide bonds. The molecule has 0 aliphatic heterocycles. The molecule has 7 nitrogen and oxygen atoms in total. The first kappa shape index (κ1) is 19.6. The van der Waals surface area contributed by atoms with E-state index in [0.717, 1.165) is 0 Å². The maximum Gasteiger partial charge on any atom is 0.262 e. The molecule has 3 aromatic rings. The van der Waals surface area contributed by atoms with Crippen LogP contribution in [0.25, 0.3) is 10.9 Å². The fourth-order valence-corrected chi connectivity index (χ4v) is 3.71. The monoisotopic (exact) mass is 396 g/mol. The number of fused-ring (bicyclic) bond motifs is 1. The molecule has 1 heterocycles. The maximum atomic E-state index is 12.6. The summed E-state index contributed by atoms with van der Waals surface area (Å²) in [6.07, 6.45) is 0.259. The predicted octanol–water partition coefficient (Wildman–Crippen LogP) is 2.64. The molecule has 0 aliphatic rings. The van der Waals surface area contributed by atoms with Crippen LogP contribution in [0.4, 0.5) is 5.69 Å². The molecule has 28 heavy (non-hydrogen) atoms. The van der Waals surface area contributed by atoms with Gasteiger partial charge in [0.1, 0.15) is 0 Å². The van der Waals surface area contributed by atoms with Crippen molar-refractivity contribution in [2.75, 3.05) is 11.1 Å². The number of carbonyl (C=O) groups is 2. The van der Waals surface area contributed by atoms with Crippen LogP contribution < -0.4 is 16.6 Å². The number of thioether (sulfide) groups is 1. The van der Waals surface area contributed by atoms with Crippen molar-refractivity contribution < 1.29 is 9.59 Å². The maximum absolute atomic E-state index is 12.6. The van der Waals surface area contributed by atoms with E-state index in [4.69, 9.17) is 5.73 Å². The van der Waals surface area contributed by atoms with Crippen LogP contribution in [0.5, 0.6) is 0 Å². The second-order valence-corrected chi connectivity index (χ2v) is 7.11. The molecule has 144 valence electrons. The quantitative estimate of drug-likeness (QED) is 0.472. The highest BCUT2D eigenvalue weighted by molar-refractivity contribution is 7.99. The zero-order valence-electron chi connectivity index (χ0n) is 15.3. The van der Waals surface area contributed by atoms with Crippen molar-refractivity contribution in [2.45, 2.75) is 25.0 Å². The zero-order valence-corrected chi connectivity index (χ0v) is 16.2. The van der Waals surface area contributed by atoms with Crippen LogP contribution in [-0.2, 0) is 11.3 Å². The van der Waals surface area contributed by atoms with Gasteiger partial charge in [0.15, 0.2) is 5.16 Å². The van der Waals surface area contributed by atoms with E-state index >= 15 is 0 Å². The van der Waals surface area contributed by atoms with Gasteiger partial charge in [0.05, 0.1) is 10.9 Å². The minimum absolute atomic E-state index is 0.0745. The number of amides is 2. The van der Waals surface area contributed by atoms with E-state index in [9.17, 15) is 14.4 Å². The summed E-state index contributed by atoms with van der Waals surface area (Å²) in [6, 6.07) is 13.6. The van der Waals surface area contributed by atoms with Gasteiger partial charge in [-0.2, -0.15) is 0 Å². The van der Waals surface area contributed by atoms with Crippen LogP contribution in [0.3, 0.4) is 0 Å². The number of nitrogens with two attached hydrogens (primary N) is 1. The van der Waals surface area contributed by atoms with E-state index in [1.807, 2.05) is 25.1 Å². The summed E-state index contributed by atoms with van der Waals surface area (Å²) < 4.78 is 1.62. The Hall–Kier alpha value is -3.13. The number of benzene rings is 2. The molecule has 0 spiro atoms. The molecule has 2 aromatic carbocycles. The number of anilines is 1. The van der Waals surface area contributed by atoms with Gasteiger partial charge in [0.25, 0.3) is 5.56 Å². The van der Waals surface area contributed by atoms with Gasteiger partial charge in [-0.05, 0) is 43.3 Å². The van der Waals surface area contributed by atoms with Crippen LogP contribution in [0, 0.1) is 0 Å². The van der Waals surface area contributed by atoms with Crippen LogP contribution in [0.1, 0.15) is 23.7 Å². The Morgan fingerprint density at radius 3 is 2.54 bits per heavy atom. The van der Waals surface area contributed by atoms with Gasteiger partial charge >= 0.3 is 0 Å². The van der Waals surface area contributed by atoms with Gasteiger partial charge in [-0.25, -0.2) is 4.98 Å². The molecule has 0 bridgehead atoms. The third kappa shape index (κ3) is 4.40. The minimum atomic E-state index is -0.515. The largest absolute Gasteiger partial charge is 0.366 e. The van der Waals surface area contributed by atoms with Crippen molar-refractivity contribution in [2.24, 2.45) is 5.73 Å². The molecule has 8 heteroatoms. The van der Waals surface area contributed by atoms with Crippen LogP contribution in [-0.4, -0.2) is 27.1 Å². The van der Waals surface area contributed by atoms with E-state index in [-0.39, 0.29) is 17.9 Å². The Balaban J connectivity index is 1.63. The fraction of sp³-hybridized carbons (Fsp3) is 0.200. The van der Waals surface area contributed by atoms with Gasteiger partial charge in [0.2, 0.25) is 11.8 Å². The molecule has 1 aromatic heterocycles. The van der Waals surface area contributed by atoms with E-state index in [1.54, 1.807) is 34.9 Å². The van der Waals surface area contributed by atoms with Crippen molar-refractivity contribution in [1.29, 1.82) is 0 Å². The highest BCUT2D eigenvalue weighted by Crippen LogP contribution is 2.19. The summed E-state index contributed by atoms with van der Waals surface area (Å²) in [5, 5.41) is 3.96. The highest BCUT2D eigenvalue weighted by atomic mass is 32.2. The first-order valence-electron chi connectivity index (χ1n) is 8.81. The minimum Gasteiger partial charge on any atom is -0.366 e. The lowest BCUT2D eigenvalue weighted by Gasteiger charge is -2.11. The predicted molar refractivity (Wildman–Crippen MR) is 111 cm³/mol. The molecule has 0 unspecified atom stereocenters. The first-order valence-corrected chi connectivity index (χ1v) is 9.80. The smallest absolute Gasteiger partial charge is 0.262 e. The van der Waals surface area contributed by atoms with Gasteiger partial charge in [-0.15, -0.1) is 0 Å². The summed E-state index contributed by atoms with van der Waals surface area (Å²) in [5.74, 6) is -0.194. The average molecular weight is 396 g/mol. The van der Waals surface area contributed by atoms with Gasteiger partial charge < -0.3 is 11.1 Å². The number of primary amides is 1. The third-order valence-corrected chi connectivity index (χ3v) is 5.13. The number of nitrogens with zero attached hydrogens (tertiary/aromatic N) is 2. The molecule has 3 N–H and O–H groups in total. The Kier molecular flexibility index (Phi) is 6.10. The van der Waals surface area contributed by atoms with Crippen molar-refractivity contribution >= 4 is 40.2 Å². The molecule has 0 fully saturated rings. The normalized spacial score (nSPS) is 10.8. The summed E-state index contributed by atoms with van der Waals surface area (Å²) in [4.78, 5) is 40.4. The summed E-state index contributed by atoms with van der Waals surface area (Å²) in [5.41, 5.74) is 6.75. The number of carbonyl (C=O) groups excluding carboxylic acids is 2.